The molecule has 0 aliphatic carbocycles. The molecule has 0 fully saturated rings. The van der Waals surface area contributed by atoms with Crippen molar-refractivity contribution in [3.8, 4) is 89.7 Å². The SMILES string of the molecule is [2H]C([2H])([2H])c1cc(-c2ccnc(-c3[c-]c(-c4cccc5c4nc(-c4cc(C(C)(C)C)cc(C(C)(C)C)c4O)n5-c4ccc(C(C)(C)C)cc4-c4ccccc4)cc(-c4ccccc4)c3)c2)ccc1-c1ccccc1.[Pt]. The van der Waals surface area contributed by atoms with Crippen LogP contribution in [0.25, 0.3) is 95.0 Å². The molecule has 4 nitrogen and oxygen atoms in total. The van der Waals surface area contributed by atoms with E-state index in [0.29, 0.717) is 28.2 Å². The molecule has 0 unspecified atom stereocenters. The van der Waals surface area contributed by atoms with Gasteiger partial charge in [-0.2, -0.15) is 0 Å². The molecule has 10 rings (SSSR count). The second-order valence-corrected chi connectivity index (χ2v) is 21.8. The van der Waals surface area contributed by atoms with Gasteiger partial charge in [0.1, 0.15) is 11.6 Å². The van der Waals surface area contributed by atoms with Gasteiger partial charge in [-0.1, -0.05) is 219 Å². The van der Waals surface area contributed by atoms with Crippen molar-refractivity contribution in [2.24, 2.45) is 0 Å². The van der Waals surface area contributed by atoms with Gasteiger partial charge in [-0.15, -0.1) is 23.8 Å². The third kappa shape index (κ3) is 9.78. The Kier molecular flexibility index (Phi) is 12.4. The molecule has 0 saturated heterocycles. The minimum absolute atomic E-state index is 0. The molecule has 0 bridgehead atoms. The van der Waals surface area contributed by atoms with Crippen molar-refractivity contribution in [1.82, 2.24) is 14.5 Å². The first-order valence-corrected chi connectivity index (χ1v) is 24.5. The topological polar surface area (TPSA) is 50.9 Å². The predicted octanol–water partition coefficient (Wildman–Crippen LogP) is 17.8. The molecule has 2 heterocycles. The Morgan fingerprint density at radius 3 is 1.74 bits per heavy atom. The maximum atomic E-state index is 12.6. The fraction of sp³-hybridized carbons (Fsp3) is 0.194. The van der Waals surface area contributed by atoms with Gasteiger partial charge in [-0.05, 0) is 103 Å². The number of hydrogen-bond acceptors (Lipinski definition) is 3. The van der Waals surface area contributed by atoms with Gasteiger partial charge >= 0.3 is 0 Å². The monoisotopic (exact) mass is 1120 g/mol. The van der Waals surface area contributed by atoms with Crippen LogP contribution in [0, 0.1) is 12.9 Å². The van der Waals surface area contributed by atoms with Crippen LogP contribution in [-0.4, -0.2) is 19.6 Å². The van der Waals surface area contributed by atoms with Gasteiger partial charge in [-0.3, -0.25) is 9.55 Å². The normalized spacial score (nSPS) is 12.8. The van der Waals surface area contributed by atoms with E-state index in [0.717, 1.165) is 83.5 Å². The molecule has 0 aliphatic rings. The number of pyridine rings is 1. The number of para-hydroxylation sites is 1. The Labute approximate surface area is 445 Å². The smallest absolute Gasteiger partial charge is 0.148 e. The number of phenols is 1. The van der Waals surface area contributed by atoms with Crippen molar-refractivity contribution in [3.05, 3.63) is 217 Å². The molecule has 0 atom stereocenters. The van der Waals surface area contributed by atoms with Crippen LogP contribution >= 0.6 is 0 Å². The third-order valence-electron chi connectivity index (χ3n) is 13.6. The second-order valence-electron chi connectivity index (χ2n) is 21.8. The summed E-state index contributed by atoms with van der Waals surface area (Å²) in [5.74, 6) is 0.841. The molecule has 1 N–H and O–H groups in total. The van der Waals surface area contributed by atoms with Crippen LogP contribution in [-0.2, 0) is 37.3 Å². The number of aromatic nitrogens is 3. The van der Waals surface area contributed by atoms with E-state index in [1.54, 1.807) is 12.3 Å². The van der Waals surface area contributed by atoms with E-state index in [2.05, 4.69) is 170 Å². The Balaban J connectivity index is 0.00000689. The number of fused-ring (bicyclic) bond motifs is 1. The molecule has 8 aromatic carbocycles. The fourth-order valence-electron chi connectivity index (χ4n) is 9.60. The first kappa shape index (κ1) is 46.0. The Morgan fingerprint density at radius 1 is 0.486 bits per heavy atom. The second kappa shape index (κ2) is 19.5. The van der Waals surface area contributed by atoms with E-state index in [1.165, 1.54) is 5.56 Å². The Morgan fingerprint density at radius 2 is 1.10 bits per heavy atom. The third-order valence-corrected chi connectivity index (χ3v) is 13.6. The fourth-order valence-corrected chi connectivity index (χ4v) is 9.60. The first-order valence-electron chi connectivity index (χ1n) is 26.0. The van der Waals surface area contributed by atoms with Crippen molar-refractivity contribution in [1.29, 1.82) is 0 Å². The maximum Gasteiger partial charge on any atom is 0.148 e. The van der Waals surface area contributed by atoms with E-state index in [1.807, 2.05) is 78.9 Å². The van der Waals surface area contributed by atoms with E-state index >= 15 is 0 Å². The van der Waals surface area contributed by atoms with Gasteiger partial charge in [0.2, 0.25) is 0 Å². The minimum atomic E-state index is -2.33. The number of benzene rings is 8. The van der Waals surface area contributed by atoms with E-state index in [-0.39, 0.29) is 43.1 Å². The Hall–Kier alpha value is -7.13. The number of nitrogens with zero attached hydrogens (tertiary/aromatic N) is 3. The minimum Gasteiger partial charge on any atom is -0.507 e. The van der Waals surface area contributed by atoms with Gasteiger partial charge < -0.3 is 5.11 Å². The molecule has 72 heavy (non-hydrogen) atoms. The van der Waals surface area contributed by atoms with E-state index in [4.69, 9.17) is 14.1 Å². The van der Waals surface area contributed by atoms with Crippen molar-refractivity contribution in [2.75, 3.05) is 0 Å². The zero-order valence-electron chi connectivity index (χ0n) is 45.5. The van der Waals surface area contributed by atoms with E-state index < -0.39 is 6.85 Å². The molecule has 0 spiro atoms. The predicted molar refractivity (Wildman–Crippen MR) is 298 cm³/mol. The summed E-state index contributed by atoms with van der Waals surface area (Å²) in [6, 6.07) is 65.6. The van der Waals surface area contributed by atoms with Crippen LogP contribution in [0.1, 0.15) is 88.7 Å². The summed E-state index contributed by atoms with van der Waals surface area (Å²) < 4.78 is 27.8. The molecule has 2 aromatic heterocycles. The van der Waals surface area contributed by atoms with Crippen LogP contribution < -0.4 is 0 Å². The summed E-state index contributed by atoms with van der Waals surface area (Å²) in [5, 5.41) is 12.6. The summed E-state index contributed by atoms with van der Waals surface area (Å²) in [6.45, 7) is 17.5. The number of hydrogen-bond donors (Lipinski definition) is 1. The van der Waals surface area contributed by atoms with Crippen LogP contribution in [0.15, 0.2) is 188 Å². The van der Waals surface area contributed by atoms with Crippen molar-refractivity contribution in [2.45, 2.75) is 85.4 Å². The standard InChI is InChI=1S/C67H62N3O.Pt/c1-43-35-47(29-31-54(43)45-23-16-12-17-24-45)48-33-34-68-59(39-48)51-37-49(44-21-14-11-15-22-44)36-50(38-51)55-27-20-28-61-62(55)69-64(57-41-53(66(5,6)7)42-58(63(57)71)67(8,9)10)70(61)60-32-30-52(65(2,3)4)40-56(60)46-25-18-13-19-26-46;/h11-37,39-42,71H,1-10H3;/q-1;/i1D3;. The first-order chi connectivity index (χ1) is 35.1. The number of rotatable bonds is 8. The van der Waals surface area contributed by atoms with Crippen LogP contribution in [0.5, 0.6) is 5.75 Å². The molecule has 0 radical (unpaired) electrons. The molecular formula is C67H62N3OPt-. The van der Waals surface area contributed by atoms with Crippen molar-refractivity contribution in [3.63, 3.8) is 0 Å². The molecule has 0 aliphatic heterocycles. The summed E-state index contributed by atoms with van der Waals surface area (Å²) >= 11 is 0. The molecule has 362 valence electrons. The summed E-state index contributed by atoms with van der Waals surface area (Å²) in [6.07, 6.45) is 1.78. The summed E-state index contributed by atoms with van der Waals surface area (Å²) in [4.78, 5) is 10.6. The molecule has 10 aromatic rings. The van der Waals surface area contributed by atoms with Gasteiger partial charge in [0, 0.05) is 48.2 Å². The summed E-state index contributed by atoms with van der Waals surface area (Å²) in [5.41, 5.74) is 16.4. The Bertz CT molecular complexity index is 3710. The van der Waals surface area contributed by atoms with Crippen LogP contribution in [0.3, 0.4) is 0 Å². The summed E-state index contributed by atoms with van der Waals surface area (Å²) in [7, 11) is 0. The zero-order chi connectivity index (χ0) is 52.3. The number of aryl methyl sites for hydroxylation is 1. The van der Waals surface area contributed by atoms with Gasteiger partial charge in [-0.25, -0.2) is 4.98 Å². The van der Waals surface area contributed by atoms with Crippen LogP contribution in [0.2, 0.25) is 0 Å². The largest absolute Gasteiger partial charge is 0.507 e. The molecule has 5 heteroatoms. The number of aromatic hydroxyl groups is 1. The quantitative estimate of drug-likeness (QED) is 0.154. The number of phenolic OH excluding ortho intramolecular Hbond substituents is 1. The molecular weight excluding hydrogens is 1060 g/mol. The molecule has 0 saturated carbocycles. The van der Waals surface area contributed by atoms with Gasteiger partial charge in [0.25, 0.3) is 0 Å². The molecule has 0 amide bonds. The van der Waals surface area contributed by atoms with E-state index in [9.17, 15) is 5.11 Å². The average molecular weight is 1120 g/mol. The van der Waals surface area contributed by atoms with Crippen molar-refractivity contribution >= 4 is 11.0 Å². The van der Waals surface area contributed by atoms with Crippen molar-refractivity contribution < 1.29 is 30.3 Å². The average Bonchev–Trinajstić information content (AvgIpc) is 3.77. The maximum absolute atomic E-state index is 12.6. The zero-order valence-corrected chi connectivity index (χ0v) is 44.8. The van der Waals surface area contributed by atoms with Gasteiger partial charge in [0.15, 0.2) is 0 Å². The number of imidazole rings is 1. The van der Waals surface area contributed by atoms with Gasteiger partial charge in [0.05, 0.1) is 22.3 Å². The van der Waals surface area contributed by atoms with Crippen LogP contribution in [0.4, 0.5) is 0 Å².